The summed E-state index contributed by atoms with van der Waals surface area (Å²) in [5.74, 6) is -0.122. The van der Waals surface area contributed by atoms with Crippen LogP contribution in [0.4, 0.5) is 0 Å². The number of hydrogen-bond donors (Lipinski definition) is 0. The summed E-state index contributed by atoms with van der Waals surface area (Å²) in [5, 5.41) is 0. The lowest BCUT2D eigenvalue weighted by atomic mass is 9.97. The summed E-state index contributed by atoms with van der Waals surface area (Å²) in [6, 6.07) is 0. The van der Waals surface area contributed by atoms with Crippen molar-refractivity contribution in [2.75, 3.05) is 6.61 Å². The third-order valence-electron chi connectivity index (χ3n) is 2.31. The van der Waals surface area contributed by atoms with Crippen LogP contribution in [-0.4, -0.2) is 12.6 Å². The Kier molecular flexibility index (Phi) is 4.13. The molecule has 1 aliphatic carbocycles. The molecule has 0 aromatic rings. The fourth-order valence-electron chi connectivity index (χ4n) is 1.33. The molecule has 0 saturated carbocycles. The van der Waals surface area contributed by atoms with E-state index < -0.39 is 5.41 Å². The van der Waals surface area contributed by atoms with Crippen LogP contribution in [0.15, 0.2) is 23.8 Å². The molecule has 0 bridgehead atoms. The van der Waals surface area contributed by atoms with E-state index in [0.717, 1.165) is 19.3 Å². The van der Waals surface area contributed by atoms with Gasteiger partial charge in [-0.05, 0) is 39.2 Å². The summed E-state index contributed by atoms with van der Waals surface area (Å²) in [6.45, 7) is 6.10. The maximum Gasteiger partial charge on any atom is 0.311 e. The molecule has 0 atom stereocenters. The Labute approximate surface area is 92.0 Å². The average molecular weight is 208 g/mol. The second kappa shape index (κ2) is 5.15. The van der Waals surface area contributed by atoms with Crippen LogP contribution in [0.5, 0.6) is 0 Å². The number of allylic oxidation sites excluding steroid dienone is 3. The summed E-state index contributed by atoms with van der Waals surface area (Å²) in [4.78, 5) is 11.4. The smallest absolute Gasteiger partial charge is 0.311 e. The maximum atomic E-state index is 11.4. The number of esters is 1. The molecule has 0 aliphatic heterocycles. The molecule has 0 aromatic heterocycles. The Morgan fingerprint density at radius 2 is 2.13 bits per heavy atom. The predicted molar refractivity (Wildman–Crippen MR) is 61.5 cm³/mol. The van der Waals surface area contributed by atoms with Gasteiger partial charge in [-0.15, -0.1) is 0 Å². The highest BCUT2D eigenvalue weighted by Crippen LogP contribution is 2.17. The van der Waals surface area contributed by atoms with Crippen molar-refractivity contribution >= 4 is 5.97 Å². The molecule has 0 spiro atoms. The summed E-state index contributed by atoms with van der Waals surface area (Å²) in [6.07, 6.45) is 9.57. The van der Waals surface area contributed by atoms with Gasteiger partial charge < -0.3 is 4.74 Å². The second-order valence-corrected chi connectivity index (χ2v) is 4.89. The Morgan fingerprint density at radius 1 is 1.40 bits per heavy atom. The highest BCUT2D eigenvalue weighted by atomic mass is 16.5. The first-order valence-corrected chi connectivity index (χ1v) is 5.53. The van der Waals surface area contributed by atoms with E-state index in [1.54, 1.807) is 0 Å². The van der Waals surface area contributed by atoms with Crippen molar-refractivity contribution in [1.29, 1.82) is 0 Å². The molecule has 2 nitrogen and oxygen atoms in total. The first-order valence-electron chi connectivity index (χ1n) is 5.53. The van der Waals surface area contributed by atoms with Crippen LogP contribution in [0.1, 0.15) is 40.0 Å². The minimum absolute atomic E-state index is 0.122. The van der Waals surface area contributed by atoms with E-state index in [9.17, 15) is 4.79 Å². The van der Waals surface area contributed by atoms with Crippen LogP contribution >= 0.6 is 0 Å². The number of carbonyl (C=O) groups is 1. The van der Waals surface area contributed by atoms with Gasteiger partial charge in [-0.25, -0.2) is 0 Å². The van der Waals surface area contributed by atoms with Gasteiger partial charge in [0.2, 0.25) is 0 Å². The van der Waals surface area contributed by atoms with Gasteiger partial charge in [0.25, 0.3) is 0 Å². The highest BCUT2D eigenvalue weighted by Gasteiger charge is 2.22. The van der Waals surface area contributed by atoms with Crippen molar-refractivity contribution in [3.63, 3.8) is 0 Å². The maximum absolute atomic E-state index is 11.4. The minimum atomic E-state index is -0.392. The molecule has 2 heteroatoms. The molecule has 0 N–H and O–H groups in total. The van der Waals surface area contributed by atoms with E-state index in [1.165, 1.54) is 5.57 Å². The van der Waals surface area contributed by atoms with E-state index in [1.807, 2.05) is 20.8 Å². The summed E-state index contributed by atoms with van der Waals surface area (Å²) in [7, 11) is 0. The molecule has 1 rings (SSSR count). The third-order valence-corrected chi connectivity index (χ3v) is 2.31. The van der Waals surface area contributed by atoms with E-state index in [4.69, 9.17) is 4.74 Å². The normalized spacial score (nSPS) is 16.1. The van der Waals surface area contributed by atoms with E-state index in [0.29, 0.717) is 6.61 Å². The van der Waals surface area contributed by atoms with Crippen molar-refractivity contribution in [2.45, 2.75) is 40.0 Å². The number of rotatable bonds is 3. The Balaban J connectivity index is 2.25. The highest BCUT2D eigenvalue weighted by molar-refractivity contribution is 5.75. The van der Waals surface area contributed by atoms with Gasteiger partial charge in [0, 0.05) is 6.42 Å². The quantitative estimate of drug-likeness (QED) is 0.665. The summed E-state index contributed by atoms with van der Waals surface area (Å²) >= 11 is 0. The standard InChI is InChI=1S/C13H20O2/c1-13(2,3)12(14)15-10-9-11-7-5-4-6-8-11/h5,7-8H,4,6,9-10H2,1-3H3. The van der Waals surface area contributed by atoms with Crippen molar-refractivity contribution < 1.29 is 9.53 Å². The number of carbonyl (C=O) groups excluding carboxylic acids is 1. The molecule has 0 unspecified atom stereocenters. The van der Waals surface area contributed by atoms with Gasteiger partial charge >= 0.3 is 5.97 Å². The van der Waals surface area contributed by atoms with E-state index in [2.05, 4.69) is 18.2 Å². The van der Waals surface area contributed by atoms with Crippen molar-refractivity contribution in [1.82, 2.24) is 0 Å². The zero-order valence-electron chi connectivity index (χ0n) is 9.88. The molecule has 0 fully saturated rings. The molecule has 1 aliphatic rings. The number of hydrogen-bond acceptors (Lipinski definition) is 2. The Bertz CT molecular complexity index is 279. The SMILES string of the molecule is CC(C)(C)C(=O)OCCC1=CCCC=C1. The van der Waals surface area contributed by atoms with Gasteiger partial charge in [0.1, 0.15) is 0 Å². The van der Waals surface area contributed by atoms with Crippen LogP contribution in [0.3, 0.4) is 0 Å². The summed E-state index contributed by atoms with van der Waals surface area (Å²) in [5.41, 5.74) is 0.888. The van der Waals surface area contributed by atoms with Crippen LogP contribution < -0.4 is 0 Å². The Hall–Kier alpha value is -1.05. The lowest BCUT2D eigenvalue weighted by Gasteiger charge is -2.16. The zero-order valence-corrected chi connectivity index (χ0v) is 9.88. The molecule has 0 saturated heterocycles. The fourth-order valence-corrected chi connectivity index (χ4v) is 1.33. The van der Waals surface area contributed by atoms with Gasteiger partial charge in [-0.3, -0.25) is 4.79 Å². The molecular formula is C13H20O2. The first-order chi connectivity index (χ1) is 7.00. The Morgan fingerprint density at radius 3 is 2.67 bits per heavy atom. The lowest BCUT2D eigenvalue weighted by Crippen LogP contribution is -2.23. The average Bonchev–Trinajstić information content (AvgIpc) is 2.18. The molecule has 0 heterocycles. The largest absolute Gasteiger partial charge is 0.465 e. The van der Waals surface area contributed by atoms with Gasteiger partial charge in [-0.2, -0.15) is 0 Å². The fraction of sp³-hybridized carbons (Fsp3) is 0.615. The van der Waals surface area contributed by atoms with Gasteiger partial charge in [-0.1, -0.05) is 18.2 Å². The van der Waals surface area contributed by atoms with Crippen LogP contribution in [-0.2, 0) is 9.53 Å². The molecule has 0 amide bonds. The first kappa shape index (κ1) is 12.0. The molecule has 0 radical (unpaired) electrons. The van der Waals surface area contributed by atoms with E-state index in [-0.39, 0.29) is 5.97 Å². The van der Waals surface area contributed by atoms with Gasteiger partial charge in [0.15, 0.2) is 0 Å². The topological polar surface area (TPSA) is 26.3 Å². The van der Waals surface area contributed by atoms with Crippen LogP contribution in [0, 0.1) is 5.41 Å². The second-order valence-electron chi connectivity index (χ2n) is 4.89. The monoisotopic (exact) mass is 208 g/mol. The molecular weight excluding hydrogens is 188 g/mol. The lowest BCUT2D eigenvalue weighted by molar-refractivity contribution is -0.152. The molecule has 84 valence electrons. The van der Waals surface area contributed by atoms with Crippen molar-refractivity contribution in [2.24, 2.45) is 5.41 Å². The van der Waals surface area contributed by atoms with Crippen LogP contribution in [0.25, 0.3) is 0 Å². The molecule has 0 aromatic carbocycles. The van der Waals surface area contributed by atoms with E-state index >= 15 is 0 Å². The minimum Gasteiger partial charge on any atom is -0.465 e. The molecule has 15 heavy (non-hydrogen) atoms. The summed E-state index contributed by atoms with van der Waals surface area (Å²) < 4.78 is 5.20. The van der Waals surface area contributed by atoms with Crippen LogP contribution in [0.2, 0.25) is 0 Å². The van der Waals surface area contributed by atoms with Gasteiger partial charge in [0.05, 0.1) is 12.0 Å². The van der Waals surface area contributed by atoms with Crippen molar-refractivity contribution in [3.05, 3.63) is 23.8 Å². The third kappa shape index (κ3) is 4.32. The predicted octanol–water partition coefficient (Wildman–Crippen LogP) is 3.24. The zero-order chi connectivity index (χ0) is 11.3. The van der Waals surface area contributed by atoms with Crippen molar-refractivity contribution in [3.8, 4) is 0 Å². The number of ether oxygens (including phenoxy) is 1.